The highest BCUT2D eigenvalue weighted by molar-refractivity contribution is 7.98. The molecular formula is C31H33N5O4S. The van der Waals surface area contributed by atoms with Gasteiger partial charge in [-0.05, 0) is 62.2 Å². The van der Waals surface area contributed by atoms with Gasteiger partial charge in [-0.3, -0.25) is 4.79 Å². The number of thioether (sulfide) groups is 1. The summed E-state index contributed by atoms with van der Waals surface area (Å²) >= 11 is 1.54. The van der Waals surface area contributed by atoms with E-state index in [1.165, 1.54) is 28.5 Å². The van der Waals surface area contributed by atoms with Crippen molar-refractivity contribution in [3.05, 3.63) is 82.9 Å². The van der Waals surface area contributed by atoms with Gasteiger partial charge in [-0.25, -0.2) is 9.67 Å². The predicted molar refractivity (Wildman–Crippen MR) is 161 cm³/mol. The summed E-state index contributed by atoms with van der Waals surface area (Å²) in [4.78, 5) is 23.4. The SMILES string of the molecule is COc1ccc(NC(=O)C2C(C)=Nc3nc(SCc4ccc(C)cc4C)nn3C2c2cccc(OC)c2OC)cc1. The van der Waals surface area contributed by atoms with Crippen molar-refractivity contribution in [3.63, 3.8) is 0 Å². The van der Waals surface area contributed by atoms with Crippen LogP contribution in [0.1, 0.15) is 35.2 Å². The fourth-order valence-corrected chi connectivity index (χ4v) is 5.95. The topological polar surface area (TPSA) is 99.9 Å². The Morgan fingerprint density at radius 3 is 2.44 bits per heavy atom. The summed E-state index contributed by atoms with van der Waals surface area (Å²) in [5.74, 6) is 2.03. The van der Waals surface area contributed by atoms with Crippen molar-refractivity contribution in [2.24, 2.45) is 10.9 Å². The first kappa shape index (κ1) is 28.2. The highest BCUT2D eigenvalue weighted by Gasteiger charge is 2.41. The minimum Gasteiger partial charge on any atom is -0.497 e. The minimum atomic E-state index is -0.690. The number of aryl methyl sites for hydroxylation is 2. The summed E-state index contributed by atoms with van der Waals surface area (Å²) in [6.45, 7) is 6.04. The van der Waals surface area contributed by atoms with E-state index >= 15 is 0 Å². The average Bonchev–Trinajstić information content (AvgIpc) is 3.38. The van der Waals surface area contributed by atoms with E-state index in [-0.39, 0.29) is 5.91 Å². The Labute approximate surface area is 244 Å². The van der Waals surface area contributed by atoms with Crippen molar-refractivity contribution in [1.82, 2.24) is 14.8 Å². The van der Waals surface area contributed by atoms with Gasteiger partial charge < -0.3 is 19.5 Å². The van der Waals surface area contributed by atoms with Crippen molar-refractivity contribution in [2.45, 2.75) is 37.7 Å². The van der Waals surface area contributed by atoms with E-state index in [0.717, 1.165) is 5.56 Å². The van der Waals surface area contributed by atoms with Gasteiger partial charge in [0, 0.05) is 22.7 Å². The van der Waals surface area contributed by atoms with E-state index in [4.69, 9.17) is 29.3 Å². The number of nitrogens with one attached hydrogen (secondary N) is 1. The molecule has 3 aromatic carbocycles. The quantitative estimate of drug-likeness (QED) is 0.240. The number of carbonyl (C=O) groups excluding carboxylic acids is 1. The highest BCUT2D eigenvalue weighted by atomic mass is 32.2. The predicted octanol–water partition coefficient (Wildman–Crippen LogP) is 6.16. The fraction of sp³-hybridized carbons (Fsp3) is 0.290. The number of hydrogen-bond acceptors (Lipinski definition) is 8. The van der Waals surface area contributed by atoms with E-state index in [9.17, 15) is 4.79 Å². The number of hydrogen-bond donors (Lipinski definition) is 1. The van der Waals surface area contributed by atoms with E-state index in [2.05, 4.69) is 37.4 Å². The summed E-state index contributed by atoms with van der Waals surface area (Å²) in [6.07, 6.45) is 0. The van der Waals surface area contributed by atoms with Gasteiger partial charge in [0.1, 0.15) is 17.7 Å². The van der Waals surface area contributed by atoms with Crippen molar-refractivity contribution in [3.8, 4) is 17.2 Å². The first-order chi connectivity index (χ1) is 19.8. The van der Waals surface area contributed by atoms with Gasteiger partial charge in [0.15, 0.2) is 11.5 Å². The number of carbonyl (C=O) groups is 1. The molecule has 9 nitrogen and oxygen atoms in total. The Balaban J connectivity index is 1.53. The van der Waals surface area contributed by atoms with Crippen LogP contribution in [-0.4, -0.2) is 47.7 Å². The smallest absolute Gasteiger partial charge is 0.249 e. The van der Waals surface area contributed by atoms with E-state index < -0.39 is 12.0 Å². The Morgan fingerprint density at radius 1 is 0.976 bits per heavy atom. The fourth-order valence-electron chi connectivity index (χ4n) is 5.05. The molecule has 0 radical (unpaired) electrons. The lowest BCUT2D eigenvalue weighted by Crippen LogP contribution is -2.39. The number of nitrogens with zero attached hydrogens (tertiary/aromatic N) is 4. The number of anilines is 1. The molecule has 2 unspecified atom stereocenters. The van der Waals surface area contributed by atoms with Crippen LogP contribution in [0.15, 0.2) is 70.8 Å². The molecule has 1 aliphatic rings. The molecule has 10 heteroatoms. The van der Waals surface area contributed by atoms with Crippen molar-refractivity contribution >= 4 is 35.0 Å². The summed E-state index contributed by atoms with van der Waals surface area (Å²) < 4.78 is 18.4. The van der Waals surface area contributed by atoms with Crippen molar-refractivity contribution in [1.29, 1.82) is 0 Å². The summed E-state index contributed by atoms with van der Waals surface area (Å²) in [5.41, 5.74) is 5.69. The third-order valence-electron chi connectivity index (χ3n) is 7.15. The van der Waals surface area contributed by atoms with Gasteiger partial charge >= 0.3 is 0 Å². The number of benzene rings is 3. The van der Waals surface area contributed by atoms with Crippen molar-refractivity contribution < 1.29 is 19.0 Å². The first-order valence-electron chi connectivity index (χ1n) is 13.2. The molecule has 0 saturated heterocycles. The first-order valence-corrected chi connectivity index (χ1v) is 14.2. The summed E-state index contributed by atoms with van der Waals surface area (Å²) in [5, 5.41) is 8.49. The van der Waals surface area contributed by atoms with Gasteiger partial charge in [0.25, 0.3) is 0 Å². The number of fused-ring (bicyclic) bond motifs is 1. The Hall–Kier alpha value is -4.31. The molecule has 41 heavy (non-hydrogen) atoms. The van der Waals surface area contributed by atoms with Crippen LogP contribution in [0.25, 0.3) is 0 Å². The second-order valence-electron chi connectivity index (χ2n) is 9.83. The largest absolute Gasteiger partial charge is 0.497 e. The van der Waals surface area contributed by atoms with E-state index in [1.54, 1.807) is 50.3 Å². The zero-order valence-corrected chi connectivity index (χ0v) is 24.8. The van der Waals surface area contributed by atoms with Crippen LogP contribution < -0.4 is 19.5 Å². The maximum Gasteiger partial charge on any atom is 0.249 e. The van der Waals surface area contributed by atoms with Gasteiger partial charge in [-0.2, -0.15) is 4.98 Å². The van der Waals surface area contributed by atoms with Crippen LogP contribution in [0.3, 0.4) is 0 Å². The molecule has 2 heterocycles. The molecule has 1 amide bonds. The molecule has 1 aromatic heterocycles. The van der Waals surface area contributed by atoms with Crippen LogP contribution in [-0.2, 0) is 10.5 Å². The van der Waals surface area contributed by atoms with Crippen LogP contribution in [0.5, 0.6) is 17.2 Å². The number of ether oxygens (including phenoxy) is 3. The third kappa shape index (κ3) is 5.78. The zero-order chi connectivity index (χ0) is 29.1. The number of amides is 1. The Kier molecular flexibility index (Phi) is 8.30. The monoisotopic (exact) mass is 571 g/mol. The summed E-state index contributed by atoms with van der Waals surface area (Å²) in [7, 11) is 4.78. The maximum atomic E-state index is 13.9. The van der Waals surface area contributed by atoms with Gasteiger partial charge in [-0.15, -0.1) is 5.10 Å². The van der Waals surface area contributed by atoms with Crippen LogP contribution in [0.2, 0.25) is 0 Å². The number of para-hydroxylation sites is 1. The second kappa shape index (κ2) is 12.1. The Bertz CT molecular complexity index is 1600. The number of methoxy groups -OCH3 is 3. The van der Waals surface area contributed by atoms with E-state index in [1.807, 2.05) is 25.1 Å². The molecule has 0 fully saturated rings. The molecular weight excluding hydrogens is 538 g/mol. The zero-order valence-electron chi connectivity index (χ0n) is 24.0. The van der Waals surface area contributed by atoms with Crippen LogP contribution in [0, 0.1) is 19.8 Å². The third-order valence-corrected chi connectivity index (χ3v) is 8.03. The number of aliphatic imine (C=N–C) groups is 1. The number of aromatic nitrogens is 3. The number of rotatable bonds is 9. The molecule has 0 saturated carbocycles. The average molecular weight is 572 g/mol. The maximum absolute atomic E-state index is 13.9. The Morgan fingerprint density at radius 2 is 1.76 bits per heavy atom. The van der Waals surface area contributed by atoms with Gasteiger partial charge in [-0.1, -0.05) is 47.7 Å². The molecule has 2 atom stereocenters. The molecule has 5 rings (SSSR count). The molecule has 0 bridgehead atoms. The normalized spacial score (nSPS) is 16.0. The standard InChI is InChI=1S/C31H33N5O4S/c1-18-10-11-21(19(2)16-18)17-41-31-34-30-32-20(3)26(29(37)33-22-12-14-23(38-4)15-13-22)27(36(30)35-31)24-8-7-9-25(39-5)28(24)40-6/h7-16,26-27H,17H2,1-6H3,(H,33,37). The van der Waals surface area contributed by atoms with Gasteiger partial charge in [0.2, 0.25) is 17.0 Å². The van der Waals surface area contributed by atoms with E-state index in [0.29, 0.717) is 45.5 Å². The minimum absolute atomic E-state index is 0.225. The molecule has 0 aliphatic carbocycles. The lowest BCUT2D eigenvalue weighted by atomic mass is 9.87. The molecule has 4 aromatic rings. The van der Waals surface area contributed by atoms with Crippen LogP contribution >= 0.6 is 11.8 Å². The lowest BCUT2D eigenvalue weighted by molar-refractivity contribution is -0.118. The van der Waals surface area contributed by atoms with Gasteiger partial charge in [0.05, 0.1) is 21.3 Å². The van der Waals surface area contributed by atoms with Crippen LogP contribution in [0.4, 0.5) is 11.6 Å². The molecule has 212 valence electrons. The molecule has 1 aliphatic heterocycles. The molecule has 1 N–H and O–H groups in total. The lowest BCUT2D eigenvalue weighted by Gasteiger charge is -2.31. The highest BCUT2D eigenvalue weighted by Crippen LogP contribution is 2.44. The molecule has 0 spiro atoms. The summed E-state index contributed by atoms with van der Waals surface area (Å²) in [6, 6.07) is 18.7. The van der Waals surface area contributed by atoms with Crippen molar-refractivity contribution in [2.75, 3.05) is 26.6 Å². The second-order valence-corrected chi connectivity index (χ2v) is 10.8.